The zero-order valence-corrected chi connectivity index (χ0v) is 12.9. The van der Waals surface area contributed by atoms with Gasteiger partial charge in [-0.2, -0.15) is 0 Å². The van der Waals surface area contributed by atoms with Crippen molar-refractivity contribution >= 4 is 31.6 Å². The molecule has 0 aromatic heterocycles. The number of rotatable bonds is 4. The van der Waals surface area contributed by atoms with Gasteiger partial charge in [0, 0.05) is 10.5 Å². The molecule has 0 heterocycles. The van der Waals surface area contributed by atoms with Crippen LogP contribution in [-0.2, 0) is 10.0 Å². The molecule has 0 unspecified atom stereocenters. The van der Waals surface area contributed by atoms with Gasteiger partial charge in [0.1, 0.15) is 0 Å². The second-order valence-corrected chi connectivity index (χ2v) is 6.54. The van der Waals surface area contributed by atoms with Crippen molar-refractivity contribution in [3.8, 4) is 11.5 Å². The number of sulfonamides is 1. The van der Waals surface area contributed by atoms with Crippen LogP contribution in [0, 0.1) is 0 Å². The highest BCUT2D eigenvalue weighted by Crippen LogP contribution is 2.29. The van der Waals surface area contributed by atoms with Gasteiger partial charge in [0.15, 0.2) is 11.5 Å². The molecule has 0 aliphatic rings. The Bertz CT molecular complexity index is 714. The van der Waals surface area contributed by atoms with Crippen LogP contribution < -0.4 is 9.46 Å². The minimum absolute atomic E-state index is 0.135. The zero-order chi connectivity index (χ0) is 14.8. The molecule has 20 heavy (non-hydrogen) atoms. The van der Waals surface area contributed by atoms with Crippen molar-refractivity contribution in [3.05, 3.63) is 46.9 Å². The minimum atomic E-state index is -3.69. The Morgan fingerprint density at radius 2 is 1.80 bits per heavy atom. The lowest BCUT2D eigenvalue weighted by Gasteiger charge is -2.10. The van der Waals surface area contributed by atoms with Crippen molar-refractivity contribution in [2.24, 2.45) is 0 Å². The number of hydrogen-bond acceptors (Lipinski definition) is 4. The quantitative estimate of drug-likeness (QED) is 0.881. The Labute approximate surface area is 125 Å². The normalized spacial score (nSPS) is 11.1. The second-order valence-electron chi connectivity index (χ2n) is 3.95. The Morgan fingerprint density at radius 3 is 2.35 bits per heavy atom. The summed E-state index contributed by atoms with van der Waals surface area (Å²) in [5.74, 6) is 0.139. The van der Waals surface area contributed by atoms with Gasteiger partial charge in [0.25, 0.3) is 10.0 Å². The van der Waals surface area contributed by atoms with E-state index in [0.29, 0.717) is 0 Å². The summed E-state index contributed by atoms with van der Waals surface area (Å²) in [6.45, 7) is 0. The molecule has 0 spiro atoms. The number of nitrogens with one attached hydrogen (secondary N) is 1. The topological polar surface area (TPSA) is 75.6 Å². The van der Waals surface area contributed by atoms with Crippen LogP contribution >= 0.6 is 15.9 Å². The first-order valence-electron chi connectivity index (χ1n) is 5.58. The van der Waals surface area contributed by atoms with Crippen LogP contribution in [0.3, 0.4) is 0 Å². The third-order valence-electron chi connectivity index (χ3n) is 2.56. The summed E-state index contributed by atoms with van der Waals surface area (Å²) in [7, 11) is -2.27. The number of halogens is 1. The fraction of sp³-hybridized carbons (Fsp3) is 0.0769. The molecule has 2 rings (SSSR count). The number of phenols is 1. The molecular formula is C13H12BrNO4S. The lowest BCUT2D eigenvalue weighted by atomic mass is 10.3. The number of methoxy groups -OCH3 is 1. The first kappa shape index (κ1) is 14.7. The summed E-state index contributed by atoms with van der Waals surface area (Å²) in [6, 6.07) is 10.5. The maximum absolute atomic E-state index is 12.1. The third kappa shape index (κ3) is 3.23. The van der Waals surface area contributed by atoms with Crippen molar-refractivity contribution in [1.82, 2.24) is 0 Å². The van der Waals surface area contributed by atoms with Crippen LogP contribution in [0.5, 0.6) is 11.5 Å². The number of aromatic hydroxyl groups is 1. The molecule has 0 aliphatic heterocycles. The van der Waals surface area contributed by atoms with Crippen molar-refractivity contribution in [1.29, 1.82) is 0 Å². The highest BCUT2D eigenvalue weighted by molar-refractivity contribution is 9.10. The van der Waals surface area contributed by atoms with E-state index in [0.717, 1.165) is 4.47 Å². The van der Waals surface area contributed by atoms with E-state index < -0.39 is 10.0 Å². The average Bonchev–Trinajstić information content (AvgIpc) is 2.39. The first-order chi connectivity index (χ1) is 9.42. The van der Waals surface area contributed by atoms with Crippen LogP contribution in [0.1, 0.15) is 0 Å². The predicted octanol–water partition coefficient (Wildman–Crippen LogP) is 2.96. The third-order valence-corrected chi connectivity index (χ3v) is 4.48. The van der Waals surface area contributed by atoms with E-state index >= 15 is 0 Å². The molecule has 7 heteroatoms. The average molecular weight is 358 g/mol. The van der Waals surface area contributed by atoms with Gasteiger partial charge in [-0.3, -0.25) is 4.72 Å². The van der Waals surface area contributed by atoms with E-state index in [4.69, 9.17) is 4.74 Å². The molecule has 0 bridgehead atoms. The van der Waals surface area contributed by atoms with Crippen LogP contribution in [0.2, 0.25) is 0 Å². The van der Waals surface area contributed by atoms with Crippen LogP contribution in [0.25, 0.3) is 0 Å². The fourth-order valence-electron chi connectivity index (χ4n) is 1.58. The molecule has 0 aliphatic carbocycles. The van der Waals surface area contributed by atoms with Gasteiger partial charge < -0.3 is 9.84 Å². The summed E-state index contributed by atoms with van der Waals surface area (Å²) in [5, 5.41) is 9.63. The van der Waals surface area contributed by atoms with Gasteiger partial charge >= 0.3 is 0 Å². The number of ether oxygens (including phenoxy) is 1. The van der Waals surface area contributed by atoms with Crippen molar-refractivity contribution in [2.45, 2.75) is 4.90 Å². The predicted molar refractivity (Wildman–Crippen MR) is 79.6 cm³/mol. The summed E-state index contributed by atoms with van der Waals surface area (Å²) in [5.41, 5.74) is 0.256. The molecule has 2 N–H and O–H groups in total. The van der Waals surface area contributed by atoms with Crippen LogP contribution in [0.4, 0.5) is 5.69 Å². The molecule has 2 aromatic rings. The van der Waals surface area contributed by atoms with Crippen LogP contribution in [0.15, 0.2) is 51.8 Å². The number of phenolic OH excluding ortho intramolecular Hbond substituents is 1. The lowest BCUT2D eigenvalue weighted by Crippen LogP contribution is -2.12. The van der Waals surface area contributed by atoms with Crippen molar-refractivity contribution < 1.29 is 18.3 Å². The highest BCUT2D eigenvalue weighted by atomic mass is 79.9. The smallest absolute Gasteiger partial charge is 0.261 e. The molecule has 0 saturated carbocycles. The zero-order valence-electron chi connectivity index (χ0n) is 10.5. The summed E-state index contributed by atoms with van der Waals surface area (Å²) < 4.78 is 32.4. The van der Waals surface area contributed by atoms with E-state index in [1.165, 1.54) is 37.4 Å². The molecule has 106 valence electrons. The maximum Gasteiger partial charge on any atom is 0.261 e. The highest BCUT2D eigenvalue weighted by Gasteiger charge is 2.14. The van der Waals surface area contributed by atoms with Gasteiger partial charge in [-0.1, -0.05) is 15.9 Å². The Kier molecular flexibility index (Phi) is 4.20. The molecule has 2 aromatic carbocycles. The SMILES string of the molecule is COc1ccc(NS(=O)(=O)c2ccc(Br)cc2)cc1O. The van der Waals surface area contributed by atoms with E-state index in [1.807, 2.05) is 0 Å². The number of hydrogen-bond donors (Lipinski definition) is 2. The van der Waals surface area contributed by atoms with Crippen molar-refractivity contribution in [2.75, 3.05) is 11.8 Å². The van der Waals surface area contributed by atoms with Gasteiger partial charge in [-0.15, -0.1) is 0 Å². The molecule has 5 nitrogen and oxygen atoms in total. The first-order valence-corrected chi connectivity index (χ1v) is 7.85. The monoisotopic (exact) mass is 357 g/mol. The molecule has 0 atom stereocenters. The van der Waals surface area contributed by atoms with E-state index in [-0.39, 0.29) is 22.1 Å². The minimum Gasteiger partial charge on any atom is -0.504 e. The van der Waals surface area contributed by atoms with E-state index in [2.05, 4.69) is 20.7 Å². The van der Waals surface area contributed by atoms with Crippen LogP contribution in [-0.4, -0.2) is 20.6 Å². The van der Waals surface area contributed by atoms with E-state index in [9.17, 15) is 13.5 Å². The molecule has 0 radical (unpaired) electrons. The Hall–Kier alpha value is -1.73. The number of anilines is 1. The Morgan fingerprint density at radius 1 is 1.15 bits per heavy atom. The summed E-state index contributed by atoms with van der Waals surface area (Å²) in [4.78, 5) is 0.135. The Balaban J connectivity index is 2.28. The molecule has 0 saturated heterocycles. The van der Waals surface area contributed by atoms with Gasteiger partial charge in [-0.25, -0.2) is 8.42 Å². The summed E-state index contributed by atoms with van der Waals surface area (Å²) in [6.07, 6.45) is 0. The van der Waals surface area contributed by atoms with E-state index in [1.54, 1.807) is 12.1 Å². The molecule has 0 fully saturated rings. The van der Waals surface area contributed by atoms with Gasteiger partial charge in [0.05, 0.1) is 17.7 Å². The standard InChI is InChI=1S/C13H12BrNO4S/c1-19-13-7-4-10(8-12(13)16)15-20(17,18)11-5-2-9(14)3-6-11/h2-8,15-16H,1H3. The summed E-state index contributed by atoms with van der Waals surface area (Å²) >= 11 is 3.24. The fourth-order valence-corrected chi connectivity index (χ4v) is 2.90. The molecular weight excluding hydrogens is 346 g/mol. The largest absolute Gasteiger partial charge is 0.504 e. The molecule has 0 amide bonds. The second kappa shape index (κ2) is 5.72. The van der Waals surface area contributed by atoms with Crippen molar-refractivity contribution in [3.63, 3.8) is 0 Å². The van der Waals surface area contributed by atoms with Gasteiger partial charge in [-0.05, 0) is 36.4 Å². The van der Waals surface area contributed by atoms with Gasteiger partial charge in [0.2, 0.25) is 0 Å². The maximum atomic E-state index is 12.1. The lowest BCUT2D eigenvalue weighted by molar-refractivity contribution is 0.373. The number of benzene rings is 2.